The molecule has 4 aliphatic rings. The maximum absolute atomic E-state index is 11.8. The monoisotopic (exact) mass is 506 g/mol. The second-order valence-corrected chi connectivity index (χ2v) is 13.3. The lowest BCUT2D eigenvalue weighted by Gasteiger charge is -2.58. The fourth-order valence-corrected chi connectivity index (χ4v) is 9.10. The first-order valence-electron chi connectivity index (χ1n) is 13.6. The molecule has 4 rings (SSSR count). The lowest BCUT2D eigenvalue weighted by molar-refractivity contribution is -0.148. The van der Waals surface area contributed by atoms with Crippen LogP contribution in [0.1, 0.15) is 105 Å². The highest BCUT2D eigenvalue weighted by Gasteiger charge is 2.59. The molecule has 0 saturated heterocycles. The minimum atomic E-state index is -0.110. The Kier molecular flexibility index (Phi) is 7.55. The van der Waals surface area contributed by atoms with E-state index in [-0.39, 0.29) is 12.1 Å². The number of esters is 1. The molecule has 8 atom stereocenters. The zero-order valence-corrected chi connectivity index (χ0v) is 22.9. The van der Waals surface area contributed by atoms with E-state index in [9.17, 15) is 4.79 Å². The van der Waals surface area contributed by atoms with Crippen LogP contribution in [0.4, 0.5) is 0 Å². The summed E-state index contributed by atoms with van der Waals surface area (Å²) in [5.74, 6) is 5.16. The number of rotatable bonds is 7. The van der Waals surface area contributed by atoms with E-state index in [1.807, 2.05) is 0 Å². The van der Waals surface area contributed by atoms with Gasteiger partial charge in [0.25, 0.3) is 0 Å². The van der Waals surface area contributed by atoms with Crippen LogP contribution in [-0.2, 0) is 9.53 Å². The van der Waals surface area contributed by atoms with Crippen LogP contribution in [0.15, 0.2) is 11.6 Å². The van der Waals surface area contributed by atoms with E-state index in [1.165, 1.54) is 57.8 Å². The number of fused-ring (bicyclic) bond motifs is 5. The number of carbonyl (C=O) groups is 1. The fourth-order valence-electron chi connectivity index (χ4n) is 8.97. The normalized spacial score (nSPS) is 42.0. The first-order valence-corrected chi connectivity index (χ1v) is 14.8. The van der Waals surface area contributed by atoms with E-state index in [1.54, 1.807) is 5.57 Å². The van der Waals surface area contributed by atoms with Gasteiger partial charge in [0.05, 0.1) is 0 Å². The molecule has 0 spiro atoms. The second-order valence-electron chi connectivity index (χ2n) is 12.8. The van der Waals surface area contributed by atoms with Crippen LogP contribution in [0.3, 0.4) is 0 Å². The van der Waals surface area contributed by atoms with E-state index in [0.717, 1.165) is 48.3 Å². The van der Waals surface area contributed by atoms with E-state index < -0.39 is 0 Å². The average molecular weight is 508 g/mol. The highest BCUT2D eigenvalue weighted by Crippen LogP contribution is 2.67. The molecule has 2 unspecified atom stereocenters. The molecule has 3 saturated carbocycles. The van der Waals surface area contributed by atoms with Crippen molar-refractivity contribution >= 4 is 21.9 Å². The summed E-state index contributed by atoms with van der Waals surface area (Å²) in [7, 11) is 0. The van der Waals surface area contributed by atoms with Gasteiger partial charge in [0.15, 0.2) is 0 Å². The molecule has 0 aromatic carbocycles. The third kappa shape index (κ3) is 4.50. The SMILES string of the molecule is CC(C)CCCC(C)[C@H]1CC[C@H]2[C@@H]3CC=C4CC(OC(=O)CBr)CC[C@]4(C)[C@H]3CC[C@]12C. The van der Waals surface area contributed by atoms with Gasteiger partial charge < -0.3 is 4.74 Å². The maximum atomic E-state index is 11.8. The molecule has 0 aromatic heterocycles. The number of hydrogen-bond acceptors (Lipinski definition) is 2. The summed E-state index contributed by atoms with van der Waals surface area (Å²) in [5, 5.41) is 0.307. The van der Waals surface area contributed by atoms with Crippen molar-refractivity contribution in [3.8, 4) is 0 Å². The van der Waals surface area contributed by atoms with E-state index in [2.05, 4.69) is 56.6 Å². The molecule has 0 bridgehead atoms. The quantitative estimate of drug-likeness (QED) is 0.197. The molecule has 3 heteroatoms. The number of hydrogen-bond donors (Lipinski definition) is 0. The van der Waals surface area contributed by atoms with Gasteiger partial charge in [0.1, 0.15) is 11.4 Å². The third-order valence-electron chi connectivity index (χ3n) is 10.7. The standard InChI is InChI=1S/C29H47BrO2/c1-19(2)7-6-8-20(3)24-11-12-25-23-10-9-21-17-22(32-27(31)18-30)13-15-28(21,4)26(23)14-16-29(24,25)5/h9,19-20,22-26H,6-8,10-18H2,1-5H3/t20?,22?,23-,24+,25-,26-,28-,29+/m0/s1. The van der Waals surface area contributed by atoms with Crippen molar-refractivity contribution in [2.75, 3.05) is 5.33 Å². The van der Waals surface area contributed by atoms with Crippen LogP contribution < -0.4 is 0 Å². The Balaban J connectivity index is 1.45. The van der Waals surface area contributed by atoms with Gasteiger partial charge in [0, 0.05) is 6.42 Å². The van der Waals surface area contributed by atoms with E-state index >= 15 is 0 Å². The van der Waals surface area contributed by atoms with Crippen molar-refractivity contribution in [2.45, 2.75) is 111 Å². The zero-order valence-electron chi connectivity index (χ0n) is 21.3. The molecule has 2 nitrogen and oxygen atoms in total. The van der Waals surface area contributed by atoms with Gasteiger partial charge in [-0.3, -0.25) is 4.79 Å². The number of allylic oxidation sites excluding steroid dienone is 1. The van der Waals surface area contributed by atoms with Gasteiger partial charge in [-0.2, -0.15) is 0 Å². The van der Waals surface area contributed by atoms with Gasteiger partial charge in [-0.05, 0) is 91.3 Å². The topological polar surface area (TPSA) is 26.3 Å². The molecule has 0 aromatic rings. The Morgan fingerprint density at radius 1 is 1.09 bits per heavy atom. The summed E-state index contributed by atoms with van der Waals surface area (Å²) in [5.41, 5.74) is 2.50. The van der Waals surface area contributed by atoms with Crippen LogP contribution in [0, 0.1) is 46.3 Å². The number of alkyl halides is 1. The minimum Gasteiger partial charge on any atom is -0.461 e. The maximum Gasteiger partial charge on any atom is 0.316 e. The van der Waals surface area contributed by atoms with Crippen LogP contribution in [0.25, 0.3) is 0 Å². The van der Waals surface area contributed by atoms with Crippen molar-refractivity contribution in [1.29, 1.82) is 0 Å². The molecule has 0 heterocycles. The average Bonchev–Trinajstić information content (AvgIpc) is 3.11. The van der Waals surface area contributed by atoms with Crippen LogP contribution in [-0.4, -0.2) is 17.4 Å². The van der Waals surface area contributed by atoms with Gasteiger partial charge in [-0.15, -0.1) is 0 Å². The predicted octanol–water partition coefficient (Wildman–Crippen LogP) is 8.33. The summed E-state index contributed by atoms with van der Waals surface area (Å²) in [6.07, 6.45) is 17.1. The highest BCUT2D eigenvalue weighted by molar-refractivity contribution is 9.09. The van der Waals surface area contributed by atoms with E-state index in [4.69, 9.17) is 4.74 Å². The van der Waals surface area contributed by atoms with Gasteiger partial charge >= 0.3 is 5.97 Å². The Labute approximate surface area is 205 Å². The number of ether oxygens (including phenoxy) is 1. The van der Waals surface area contributed by atoms with Crippen molar-refractivity contribution in [1.82, 2.24) is 0 Å². The zero-order chi connectivity index (χ0) is 23.1. The molecular formula is C29H47BrO2. The van der Waals surface area contributed by atoms with Crippen LogP contribution in [0.5, 0.6) is 0 Å². The van der Waals surface area contributed by atoms with E-state index in [0.29, 0.717) is 16.2 Å². The molecule has 4 aliphatic carbocycles. The number of carbonyl (C=O) groups excluding carboxylic acids is 1. The van der Waals surface area contributed by atoms with Crippen LogP contribution >= 0.6 is 15.9 Å². The predicted molar refractivity (Wildman–Crippen MR) is 137 cm³/mol. The first-order chi connectivity index (χ1) is 15.2. The summed E-state index contributed by atoms with van der Waals surface area (Å²) >= 11 is 3.24. The molecule has 0 radical (unpaired) electrons. The highest BCUT2D eigenvalue weighted by atomic mass is 79.9. The minimum absolute atomic E-state index is 0.0901. The first kappa shape index (κ1) is 24.8. The van der Waals surface area contributed by atoms with Crippen molar-refractivity contribution < 1.29 is 9.53 Å². The fraction of sp³-hybridized carbons (Fsp3) is 0.897. The largest absolute Gasteiger partial charge is 0.461 e. The lowest BCUT2D eigenvalue weighted by Crippen LogP contribution is -2.51. The lowest BCUT2D eigenvalue weighted by atomic mass is 9.47. The summed E-state index contributed by atoms with van der Waals surface area (Å²) in [6.45, 7) is 12.5. The Hall–Kier alpha value is -0.310. The van der Waals surface area contributed by atoms with Crippen molar-refractivity contribution in [3.63, 3.8) is 0 Å². The summed E-state index contributed by atoms with van der Waals surface area (Å²) in [4.78, 5) is 11.8. The second kappa shape index (κ2) is 9.74. The Morgan fingerprint density at radius 2 is 1.88 bits per heavy atom. The Morgan fingerprint density at radius 3 is 2.59 bits per heavy atom. The molecular weight excluding hydrogens is 460 g/mol. The van der Waals surface area contributed by atoms with Gasteiger partial charge in [0.2, 0.25) is 0 Å². The molecule has 3 fully saturated rings. The molecule has 0 aliphatic heterocycles. The van der Waals surface area contributed by atoms with Crippen molar-refractivity contribution in [2.24, 2.45) is 46.3 Å². The van der Waals surface area contributed by atoms with Gasteiger partial charge in [-0.1, -0.05) is 81.5 Å². The number of halogens is 1. The molecule has 182 valence electrons. The summed E-state index contributed by atoms with van der Waals surface area (Å²) < 4.78 is 5.72. The third-order valence-corrected chi connectivity index (χ3v) is 11.1. The summed E-state index contributed by atoms with van der Waals surface area (Å²) in [6, 6.07) is 0. The van der Waals surface area contributed by atoms with Crippen LogP contribution in [0.2, 0.25) is 0 Å². The molecule has 32 heavy (non-hydrogen) atoms. The Bertz CT molecular complexity index is 714. The van der Waals surface area contributed by atoms with Crippen molar-refractivity contribution in [3.05, 3.63) is 11.6 Å². The smallest absolute Gasteiger partial charge is 0.316 e. The molecule has 0 amide bonds. The van der Waals surface area contributed by atoms with Gasteiger partial charge in [-0.25, -0.2) is 0 Å². The molecule has 0 N–H and O–H groups in total.